The van der Waals surface area contributed by atoms with Crippen LogP contribution in [0.1, 0.15) is 16.7 Å². The van der Waals surface area contributed by atoms with Crippen LogP contribution in [0, 0.1) is 0 Å². The monoisotopic (exact) mass is 446 g/mol. The van der Waals surface area contributed by atoms with Crippen LogP contribution in [0.4, 0.5) is 0 Å². The van der Waals surface area contributed by atoms with Crippen molar-refractivity contribution in [1.82, 2.24) is 0 Å². The molecule has 122 valence electrons. The molecule has 4 heteroatoms. The van der Waals surface area contributed by atoms with Gasteiger partial charge < -0.3 is 10.2 Å². The van der Waals surface area contributed by atoms with E-state index in [0.717, 1.165) is 16.7 Å². The SMILES string of the molecule is OCC(c1ccccc1)(c1ccccc1)c1cc(Br)c(O)c(Br)c1. The zero-order valence-corrected chi connectivity index (χ0v) is 16.0. The molecule has 0 atom stereocenters. The van der Waals surface area contributed by atoms with Crippen LogP contribution in [0.15, 0.2) is 81.7 Å². The topological polar surface area (TPSA) is 40.5 Å². The zero-order chi connectivity index (χ0) is 17.2. The van der Waals surface area contributed by atoms with E-state index < -0.39 is 5.41 Å². The molecule has 2 nitrogen and oxygen atoms in total. The number of halogens is 2. The summed E-state index contributed by atoms with van der Waals surface area (Å²) in [5.74, 6) is 0.145. The van der Waals surface area contributed by atoms with E-state index in [1.54, 1.807) is 0 Å². The van der Waals surface area contributed by atoms with E-state index in [-0.39, 0.29) is 12.4 Å². The van der Waals surface area contributed by atoms with Crippen molar-refractivity contribution in [1.29, 1.82) is 0 Å². The van der Waals surface area contributed by atoms with Gasteiger partial charge >= 0.3 is 0 Å². The Morgan fingerprint density at radius 1 is 0.708 bits per heavy atom. The maximum Gasteiger partial charge on any atom is 0.143 e. The van der Waals surface area contributed by atoms with Crippen LogP contribution in [0.5, 0.6) is 5.75 Å². The molecule has 0 heterocycles. The molecule has 0 bridgehead atoms. The summed E-state index contributed by atoms with van der Waals surface area (Å²) in [4.78, 5) is 0. The minimum absolute atomic E-state index is 0.0926. The highest BCUT2D eigenvalue weighted by Crippen LogP contribution is 2.43. The summed E-state index contributed by atoms with van der Waals surface area (Å²) in [6, 6.07) is 23.5. The summed E-state index contributed by atoms with van der Waals surface area (Å²) in [6.45, 7) is -0.0926. The summed E-state index contributed by atoms with van der Waals surface area (Å²) in [5.41, 5.74) is 2.15. The van der Waals surface area contributed by atoms with Crippen molar-refractivity contribution in [3.63, 3.8) is 0 Å². The maximum absolute atomic E-state index is 10.5. The number of aliphatic hydroxyl groups is 1. The molecule has 2 N–H and O–H groups in total. The Bertz CT molecular complexity index is 770. The molecule has 3 rings (SSSR count). The summed E-state index contributed by atoms with van der Waals surface area (Å²) in [7, 11) is 0. The van der Waals surface area contributed by atoms with Gasteiger partial charge in [0.15, 0.2) is 0 Å². The highest BCUT2D eigenvalue weighted by atomic mass is 79.9. The molecular formula is C20H16Br2O2. The van der Waals surface area contributed by atoms with Crippen molar-refractivity contribution in [3.05, 3.63) is 98.4 Å². The molecule has 0 aromatic heterocycles. The van der Waals surface area contributed by atoms with Gasteiger partial charge in [-0.2, -0.15) is 0 Å². The number of aromatic hydroxyl groups is 1. The van der Waals surface area contributed by atoms with E-state index in [9.17, 15) is 10.2 Å². The summed E-state index contributed by atoms with van der Waals surface area (Å²) < 4.78 is 1.16. The minimum Gasteiger partial charge on any atom is -0.506 e. The second-order valence-corrected chi connectivity index (χ2v) is 7.29. The molecule has 0 fully saturated rings. The maximum atomic E-state index is 10.5. The van der Waals surface area contributed by atoms with Crippen molar-refractivity contribution in [3.8, 4) is 5.75 Å². The molecule has 0 aliphatic carbocycles. The van der Waals surface area contributed by atoms with E-state index >= 15 is 0 Å². The molecular weight excluding hydrogens is 432 g/mol. The fourth-order valence-electron chi connectivity index (χ4n) is 3.03. The zero-order valence-electron chi connectivity index (χ0n) is 12.8. The average Bonchev–Trinajstić information content (AvgIpc) is 2.62. The number of aliphatic hydroxyl groups excluding tert-OH is 1. The van der Waals surface area contributed by atoms with Crippen molar-refractivity contribution in [2.75, 3.05) is 6.61 Å². The third-order valence-electron chi connectivity index (χ3n) is 4.28. The molecule has 0 saturated heterocycles. The van der Waals surface area contributed by atoms with Crippen LogP contribution in [-0.2, 0) is 5.41 Å². The Hall–Kier alpha value is -1.62. The molecule has 3 aromatic carbocycles. The normalized spacial score (nSPS) is 11.5. The molecule has 24 heavy (non-hydrogen) atoms. The highest BCUT2D eigenvalue weighted by molar-refractivity contribution is 9.11. The second kappa shape index (κ2) is 7.09. The Labute approximate surface area is 158 Å². The van der Waals surface area contributed by atoms with Crippen molar-refractivity contribution < 1.29 is 10.2 Å². The first kappa shape index (κ1) is 17.2. The molecule has 0 aliphatic heterocycles. The van der Waals surface area contributed by atoms with E-state index in [0.29, 0.717) is 8.95 Å². The van der Waals surface area contributed by atoms with Crippen LogP contribution < -0.4 is 0 Å². The van der Waals surface area contributed by atoms with E-state index in [4.69, 9.17) is 0 Å². The number of rotatable bonds is 4. The fourth-order valence-corrected chi connectivity index (χ4v) is 4.22. The number of hydrogen-bond acceptors (Lipinski definition) is 2. The van der Waals surface area contributed by atoms with E-state index in [1.807, 2.05) is 72.8 Å². The predicted octanol–water partition coefficient (Wildman–Crippen LogP) is 5.24. The van der Waals surface area contributed by atoms with Crippen molar-refractivity contribution in [2.45, 2.75) is 5.41 Å². The summed E-state index contributed by atoms with van der Waals surface area (Å²) in [5, 5.41) is 20.5. The Morgan fingerprint density at radius 2 is 1.12 bits per heavy atom. The largest absolute Gasteiger partial charge is 0.506 e. The smallest absolute Gasteiger partial charge is 0.143 e. The van der Waals surface area contributed by atoms with Crippen LogP contribution in [0.3, 0.4) is 0 Å². The Kier molecular flexibility index (Phi) is 5.09. The predicted molar refractivity (Wildman–Crippen MR) is 103 cm³/mol. The molecule has 0 saturated carbocycles. The fraction of sp³-hybridized carbons (Fsp3) is 0.100. The molecule has 0 radical (unpaired) electrons. The first-order valence-corrected chi connectivity index (χ1v) is 9.08. The van der Waals surface area contributed by atoms with Gasteiger partial charge in [-0.3, -0.25) is 0 Å². The Morgan fingerprint density at radius 3 is 1.50 bits per heavy atom. The first-order chi connectivity index (χ1) is 11.6. The minimum atomic E-state index is -0.721. The quantitative estimate of drug-likeness (QED) is 0.536. The van der Waals surface area contributed by atoms with E-state index in [2.05, 4.69) is 31.9 Å². The molecule has 3 aromatic rings. The molecule has 0 spiro atoms. The number of phenols is 1. The summed E-state index contributed by atoms with van der Waals surface area (Å²) in [6.07, 6.45) is 0. The first-order valence-electron chi connectivity index (χ1n) is 7.50. The van der Waals surface area contributed by atoms with Crippen LogP contribution in [-0.4, -0.2) is 16.8 Å². The van der Waals surface area contributed by atoms with Crippen LogP contribution in [0.25, 0.3) is 0 Å². The molecule has 0 unspecified atom stereocenters. The van der Waals surface area contributed by atoms with Crippen LogP contribution in [0.2, 0.25) is 0 Å². The van der Waals surface area contributed by atoms with Gasteiger partial charge in [0.05, 0.1) is 21.0 Å². The van der Waals surface area contributed by atoms with E-state index in [1.165, 1.54) is 0 Å². The lowest BCUT2D eigenvalue weighted by molar-refractivity contribution is 0.242. The average molecular weight is 448 g/mol. The lowest BCUT2D eigenvalue weighted by Crippen LogP contribution is -2.33. The van der Waals surface area contributed by atoms with Gasteiger partial charge in [-0.05, 0) is 60.7 Å². The number of benzene rings is 3. The number of phenolic OH excluding ortho intramolecular Hbond substituents is 1. The second-order valence-electron chi connectivity index (χ2n) is 5.58. The van der Waals surface area contributed by atoms with Crippen molar-refractivity contribution in [2.24, 2.45) is 0 Å². The van der Waals surface area contributed by atoms with Gasteiger partial charge in [0, 0.05) is 0 Å². The standard InChI is InChI=1S/C20H16Br2O2/c21-17-11-16(12-18(22)19(17)24)20(13-23,14-7-3-1-4-8-14)15-9-5-2-6-10-15/h1-12,23-24H,13H2. The van der Waals surface area contributed by atoms with Gasteiger partial charge in [-0.25, -0.2) is 0 Å². The molecule has 0 aliphatic rings. The lowest BCUT2D eigenvalue weighted by Gasteiger charge is -2.34. The summed E-state index contributed by atoms with van der Waals surface area (Å²) >= 11 is 6.80. The van der Waals surface area contributed by atoms with Gasteiger partial charge in [0.1, 0.15) is 5.75 Å². The van der Waals surface area contributed by atoms with Gasteiger partial charge in [-0.1, -0.05) is 60.7 Å². The van der Waals surface area contributed by atoms with Gasteiger partial charge in [0.2, 0.25) is 0 Å². The lowest BCUT2D eigenvalue weighted by atomic mass is 9.70. The third-order valence-corrected chi connectivity index (χ3v) is 5.49. The van der Waals surface area contributed by atoms with Crippen LogP contribution >= 0.6 is 31.9 Å². The number of hydrogen-bond donors (Lipinski definition) is 2. The van der Waals surface area contributed by atoms with Gasteiger partial charge in [0.25, 0.3) is 0 Å². The molecule has 0 amide bonds. The highest BCUT2D eigenvalue weighted by Gasteiger charge is 2.36. The Balaban J connectivity index is 2.35. The third kappa shape index (κ3) is 2.90. The van der Waals surface area contributed by atoms with Gasteiger partial charge in [-0.15, -0.1) is 0 Å². The van der Waals surface area contributed by atoms with Crippen molar-refractivity contribution >= 4 is 31.9 Å².